The molecule has 1 aliphatic rings. The second-order valence-electron chi connectivity index (χ2n) is 3.21. The summed E-state index contributed by atoms with van der Waals surface area (Å²) in [6.45, 7) is 1.42. The molecule has 0 radical (unpaired) electrons. The number of hydrogen-bond acceptors (Lipinski definition) is 6. The van der Waals surface area contributed by atoms with E-state index in [1.807, 2.05) is 4.90 Å². The van der Waals surface area contributed by atoms with Gasteiger partial charge >= 0.3 is 5.97 Å². The summed E-state index contributed by atoms with van der Waals surface area (Å²) in [6.07, 6.45) is -0.317. The predicted octanol–water partition coefficient (Wildman–Crippen LogP) is -1.06. The molecule has 1 aromatic heterocycles. The minimum Gasteiger partial charge on any atom is -0.476 e. The normalized spacial score (nSPS) is 18.1. The number of rotatable bonds is 3. The summed E-state index contributed by atoms with van der Waals surface area (Å²) < 4.78 is 4.33. The van der Waals surface area contributed by atoms with Gasteiger partial charge in [0.05, 0.1) is 6.10 Å². The number of hydrogen-bond donors (Lipinski definition) is 2. The molecule has 76 valence electrons. The molecule has 1 aliphatic heterocycles. The molecule has 14 heavy (non-hydrogen) atoms. The van der Waals surface area contributed by atoms with Crippen LogP contribution in [-0.2, 0) is 6.54 Å². The summed E-state index contributed by atoms with van der Waals surface area (Å²) in [7, 11) is 0. The van der Waals surface area contributed by atoms with E-state index in [1.54, 1.807) is 0 Å². The zero-order chi connectivity index (χ0) is 10.1. The van der Waals surface area contributed by atoms with E-state index in [4.69, 9.17) is 10.2 Å². The van der Waals surface area contributed by atoms with Crippen LogP contribution in [0.15, 0.2) is 4.63 Å². The number of aliphatic hydroxyl groups excluding tert-OH is 1. The molecule has 0 saturated carbocycles. The van der Waals surface area contributed by atoms with Gasteiger partial charge in [0.25, 0.3) is 0 Å². The van der Waals surface area contributed by atoms with Crippen LogP contribution >= 0.6 is 0 Å². The van der Waals surface area contributed by atoms with E-state index < -0.39 is 5.97 Å². The number of carboxylic acid groups (broad SMARTS) is 1. The van der Waals surface area contributed by atoms with Crippen molar-refractivity contribution in [2.75, 3.05) is 13.1 Å². The molecule has 7 heteroatoms. The quantitative estimate of drug-likeness (QED) is 0.640. The average Bonchev–Trinajstić information content (AvgIpc) is 2.49. The number of aliphatic hydroxyl groups is 1. The molecule has 0 aliphatic carbocycles. The highest BCUT2D eigenvalue weighted by molar-refractivity contribution is 5.86. The molecular formula is C7H9N3O4. The molecule has 1 saturated heterocycles. The highest BCUT2D eigenvalue weighted by Gasteiger charge is 2.27. The van der Waals surface area contributed by atoms with Crippen molar-refractivity contribution < 1.29 is 19.6 Å². The van der Waals surface area contributed by atoms with Crippen LogP contribution in [0.1, 0.15) is 16.2 Å². The van der Waals surface area contributed by atoms with Gasteiger partial charge in [-0.05, 0) is 5.16 Å². The van der Waals surface area contributed by atoms with E-state index in [1.165, 1.54) is 0 Å². The van der Waals surface area contributed by atoms with Crippen molar-refractivity contribution in [1.82, 2.24) is 15.2 Å². The molecule has 0 amide bonds. The Bertz CT molecular complexity index is 344. The highest BCUT2D eigenvalue weighted by atomic mass is 16.6. The second-order valence-corrected chi connectivity index (χ2v) is 3.21. The molecule has 0 bridgehead atoms. The summed E-state index contributed by atoms with van der Waals surface area (Å²) in [4.78, 5) is 12.5. The molecule has 2 heterocycles. The first-order chi connectivity index (χ1) is 6.66. The van der Waals surface area contributed by atoms with E-state index in [9.17, 15) is 4.79 Å². The molecule has 0 aromatic carbocycles. The molecular weight excluding hydrogens is 190 g/mol. The van der Waals surface area contributed by atoms with Crippen molar-refractivity contribution in [3.05, 3.63) is 11.4 Å². The lowest BCUT2D eigenvalue weighted by Gasteiger charge is -2.34. The van der Waals surface area contributed by atoms with Crippen molar-refractivity contribution >= 4 is 5.97 Å². The zero-order valence-corrected chi connectivity index (χ0v) is 7.25. The van der Waals surface area contributed by atoms with Crippen molar-refractivity contribution in [2.45, 2.75) is 12.6 Å². The third kappa shape index (κ3) is 1.59. The van der Waals surface area contributed by atoms with Crippen molar-refractivity contribution in [1.29, 1.82) is 0 Å². The van der Waals surface area contributed by atoms with Gasteiger partial charge in [0.1, 0.15) is 5.69 Å². The molecule has 0 unspecified atom stereocenters. The van der Waals surface area contributed by atoms with Crippen LogP contribution in [0, 0.1) is 0 Å². The number of aromatic carboxylic acids is 1. The Kier molecular flexibility index (Phi) is 2.18. The molecule has 0 atom stereocenters. The predicted molar refractivity (Wildman–Crippen MR) is 42.5 cm³/mol. The maximum Gasteiger partial charge on any atom is 0.360 e. The Morgan fingerprint density at radius 1 is 1.57 bits per heavy atom. The van der Waals surface area contributed by atoms with Gasteiger partial charge in [-0.3, -0.25) is 4.90 Å². The van der Waals surface area contributed by atoms with E-state index >= 15 is 0 Å². The average molecular weight is 199 g/mol. The molecule has 7 nitrogen and oxygen atoms in total. The van der Waals surface area contributed by atoms with Gasteiger partial charge in [-0.25, -0.2) is 9.42 Å². The summed E-state index contributed by atoms with van der Waals surface area (Å²) in [5.41, 5.74) is 0.135. The number of likely N-dealkylation sites (tertiary alicyclic amines) is 1. The van der Waals surface area contributed by atoms with Gasteiger partial charge in [-0.2, -0.15) is 0 Å². The minimum atomic E-state index is -1.15. The first-order valence-electron chi connectivity index (χ1n) is 4.12. The summed E-state index contributed by atoms with van der Waals surface area (Å²) in [5.74, 6) is -1.15. The Morgan fingerprint density at radius 2 is 2.29 bits per heavy atom. The molecule has 2 rings (SSSR count). The number of aromatic nitrogens is 2. The largest absolute Gasteiger partial charge is 0.476 e. The fourth-order valence-electron chi connectivity index (χ4n) is 1.36. The van der Waals surface area contributed by atoms with Gasteiger partial charge < -0.3 is 10.2 Å². The Hall–Kier alpha value is -1.47. The van der Waals surface area contributed by atoms with E-state index in [0.29, 0.717) is 25.3 Å². The Labute approximate surface area is 78.9 Å². The lowest BCUT2D eigenvalue weighted by molar-refractivity contribution is -0.00415. The van der Waals surface area contributed by atoms with Gasteiger partial charge in [0.15, 0.2) is 0 Å². The molecule has 0 spiro atoms. The fraction of sp³-hybridized carbons (Fsp3) is 0.571. The SMILES string of the molecule is O=C(O)c1nonc1CN1CC(O)C1. The zero-order valence-electron chi connectivity index (χ0n) is 7.25. The van der Waals surface area contributed by atoms with E-state index in [0.717, 1.165) is 0 Å². The minimum absolute atomic E-state index is 0.161. The monoisotopic (exact) mass is 199 g/mol. The van der Waals surface area contributed by atoms with Gasteiger partial charge in [0.2, 0.25) is 5.69 Å². The van der Waals surface area contributed by atoms with Gasteiger partial charge in [0, 0.05) is 19.6 Å². The summed E-state index contributed by atoms with van der Waals surface area (Å²) >= 11 is 0. The lowest BCUT2D eigenvalue weighted by atomic mass is 10.1. The van der Waals surface area contributed by atoms with Crippen LogP contribution in [0.4, 0.5) is 0 Å². The first-order valence-corrected chi connectivity index (χ1v) is 4.12. The smallest absolute Gasteiger partial charge is 0.360 e. The van der Waals surface area contributed by atoms with Crippen molar-refractivity contribution in [2.24, 2.45) is 0 Å². The van der Waals surface area contributed by atoms with Crippen molar-refractivity contribution in [3.63, 3.8) is 0 Å². The Balaban J connectivity index is 2.02. The summed E-state index contributed by atoms with van der Waals surface area (Å²) in [6, 6.07) is 0. The lowest BCUT2D eigenvalue weighted by Crippen LogP contribution is -2.50. The van der Waals surface area contributed by atoms with Crippen molar-refractivity contribution in [3.8, 4) is 0 Å². The summed E-state index contributed by atoms with van der Waals surface area (Å²) in [5, 5.41) is 24.5. The third-order valence-electron chi connectivity index (χ3n) is 2.07. The molecule has 1 fully saturated rings. The van der Waals surface area contributed by atoms with Crippen LogP contribution in [0.2, 0.25) is 0 Å². The molecule has 2 N–H and O–H groups in total. The highest BCUT2D eigenvalue weighted by Crippen LogP contribution is 2.13. The second kappa shape index (κ2) is 3.35. The maximum atomic E-state index is 10.6. The fourth-order valence-corrected chi connectivity index (χ4v) is 1.36. The first kappa shape index (κ1) is 9.10. The van der Waals surface area contributed by atoms with Crippen LogP contribution in [0.3, 0.4) is 0 Å². The van der Waals surface area contributed by atoms with Gasteiger partial charge in [-0.1, -0.05) is 5.16 Å². The maximum absolute atomic E-state index is 10.6. The van der Waals surface area contributed by atoms with Crippen LogP contribution < -0.4 is 0 Å². The van der Waals surface area contributed by atoms with Gasteiger partial charge in [-0.15, -0.1) is 0 Å². The number of nitrogens with zero attached hydrogens (tertiary/aromatic N) is 3. The van der Waals surface area contributed by atoms with E-state index in [-0.39, 0.29) is 11.8 Å². The number of β-amino-alcohol motifs (C(OH)–C–C–N with tert-alkyl or cyclic N) is 1. The standard InChI is InChI=1S/C7H9N3O4/c11-4-1-10(2-4)3-5-6(7(12)13)9-14-8-5/h4,11H,1-3H2,(H,12,13). The number of carbonyl (C=O) groups is 1. The van der Waals surface area contributed by atoms with Crippen LogP contribution in [0.25, 0.3) is 0 Å². The number of carboxylic acids is 1. The van der Waals surface area contributed by atoms with E-state index in [2.05, 4.69) is 14.9 Å². The van der Waals surface area contributed by atoms with Crippen LogP contribution in [-0.4, -0.2) is 50.6 Å². The third-order valence-corrected chi connectivity index (χ3v) is 2.07. The Morgan fingerprint density at radius 3 is 2.86 bits per heavy atom. The topological polar surface area (TPSA) is 99.7 Å². The molecule has 1 aromatic rings. The van der Waals surface area contributed by atoms with Crippen LogP contribution in [0.5, 0.6) is 0 Å².